The number of aromatic nitrogens is 2. The number of ether oxygens (including phenoxy) is 1. The van der Waals surface area contributed by atoms with E-state index in [9.17, 15) is 10.1 Å². The predicted octanol–water partition coefficient (Wildman–Crippen LogP) is 1.42. The molecule has 0 saturated carbocycles. The SMILES string of the molecule is COCCc1noc(-c2cc([N+](=O)[O-])ccc2N)n1. The number of anilines is 1. The van der Waals surface area contributed by atoms with Crippen LogP contribution in [-0.2, 0) is 11.2 Å². The van der Waals surface area contributed by atoms with Gasteiger partial charge in [-0.25, -0.2) is 0 Å². The van der Waals surface area contributed by atoms with Crippen molar-refractivity contribution in [3.8, 4) is 11.5 Å². The number of nitrogen functional groups attached to an aromatic ring is 1. The van der Waals surface area contributed by atoms with Crippen LogP contribution in [0.2, 0.25) is 0 Å². The second kappa shape index (κ2) is 5.44. The summed E-state index contributed by atoms with van der Waals surface area (Å²) in [6.07, 6.45) is 0.495. The Kier molecular flexibility index (Phi) is 3.71. The molecule has 100 valence electrons. The van der Waals surface area contributed by atoms with Gasteiger partial charge in [0.05, 0.1) is 17.1 Å². The Hall–Kier alpha value is -2.48. The summed E-state index contributed by atoms with van der Waals surface area (Å²) in [5, 5.41) is 14.5. The van der Waals surface area contributed by atoms with Gasteiger partial charge in [-0.3, -0.25) is 10.1 Å². The molecule has 0 spiro atoms. The highest BCUT2D eigenvalue weighted by Gasteiger charge is 2.16. The number of nitrogens with zero attached hydrogens (tertiary/aromatic N) is 3. The fourth-order valence-electron chi connectivity index (χ4n) is 1.50. The topological polar surface area (TPSA) is 117 Å². The van der Waals surface area contributed by atoms with E-state index in [1.165, 1.54) is 18.2 Å². The van der Waals surface area contributed by atoms with E-state index in [1.54, 1.807) is 7.11 Å². The van der Waals surface area contributed by atoms with Crippen LogP contribution in [0, 0.1) is 10.1 Å². The van der Waals surface area contributed by atoms with Crippen molar-refractivity contribution in [1.29, 1.82) is 0 Å². The zero-order valence-corrected chi connectivity index (χ0v) is 10.2. The van der Waals surface area contributed by atoms with Gasteiger partial charge in [-0.05, 0) is 6.07 Å². The molecule has 0 bridgehead atoms. The van der Waals surface area contributed by atoms with Crippen LogP contribution >= 0.6 is 0 Å². The molecular formula is C11H12N4O4. The molecule has 0 unspecified atom stereocenters. The third-order valence-electron chi connectivity index (χ3n) is 2.48. The number of nitrogens with two attached hydrogens (primary N) is 1. The molecule has 8 nitrogen and oxygen atoms in total. The number of methoxy groups -OCH3 is 1. The number of nitro groups is 1. The second-order valence-corrected chi connectivity index (χ2v) is 3.79. The molecule has 8 heteroatoms. The molecule has 0 aliphatic carbocycles. The van der Waals surface area contributed by atoms with Crippen molar-refractivity contribution in [1.82, 2.24) is 10.1 Å². The van der Waals surface area contributed by atoms with E-state index in [1.807, 2.05) is 0 Å². The number of hydrogen-bond donors (Lipinski definition) is 1. The maximum Gasteiger partial charge on any atom is 0.270 e. The predicted molar refractivity (Wildman–Crippen MR) is 66.4 cm³/mol. The van der Waals surface area contributed by atoms with Gasteiger partial charge in [0.25, 0.3) is 11.6 Å². The Labute approximate surface area is 108 Å². The molecule has 0 saturated heterocycles. The van der Waals surface area contributed by atoms with E-state index in [0.29, 0.717) is 30.1 Å². The van der Waals surface area contributed by atoms with Crippen LogP contribution in [-0.4, -0.2) is 28.8 Å². The Balaban J connectivity index is 2.32. The number of rotatable bonds is 5. The van der Waals surface area contributed by atoms with Gasteiger partial charge in [-0.1, -0.05) is 5.16 Å². The normalized spacial score (nSPS) is 10.6. The van der Waals surface area contributed by atoms with Crippen molar-refractivity contribution in [3.05, 3.63) is 34.1 Å². The Bertz CT molecular complexity index is 596. The lowest BCUT2D eigenvalue weighted by Crippen LogP contribution is -1.97. The van der Waals surface area contributed by atoms with Crippen LogP contribution in [0.15, 0.2) is 22.7 Å². The molecule has 0 amide bonds. The van der Waals surface area contributed by atoms with Crippen molar-refractivity contribution >= 4 is 11.4 Å². The van der Waals surface area contributed by atoms with Gasteiger partial charge >= 0.3 is 0 Å². The maximum absolute atomic E-state index is 10.7. The van der Waals surface area contributed by atoms with Gasteiger partial charge in [0.2, 0.25) is 0 Å². The van der Waals surface area contributed by atoms with Crippen molar-refractivity contribution in [3.63, 3.8) is 0 Å². The molecule has 1 aromatic heterocycles. The molecule has 19 heavy (non-hydrogen) atoms. The molecule has 1 aromatic carbocycles. The fourth-order valence-corrected chi connectivity index (χ4v) is 1.50. The lowest BCUT2D eigenvalue weighted by molar-refractivity contribution is -0.384. The largest absolute Gasteiger partial charge is 0.398 e. The van der Waals surface area contributed by atoms with E-state index < -0.39 is 4.92 Å². The first-order chi connectivity index (χ1) is 9.11. The molecule has 2 aromatic rings. The van der Waals surface area contributed by atoms with E-state index >= 15 is 0 Å². The van der Waals surface area contributed by atoms with Crippen LogP contribution in [0.1, 0.15) is 5.82 Å². The van der Waals surface area contributed by atoms with Gasteiger partial charge in [0, 0.05) is 31.4 Å². The zero-order valence-electron chi connectivity index (χ0n) is 10.2. The average Bonchev–Trinajstić information content (AvgIpc) is 2.85. The first-order valence-electron chi connectivity index (χ1n) is 5.47. The van der Waals surface area contributed by atoms with E-state index in [0.717, 1.165) is 0 Å². The molecule has 0 aliphatic heterocycles. The van der Waals surface area contributed by atoms with Crippen molar-refractivity contribution in [2.24, 2.45) is 0 Å². The second-order valence-electron chi connectivity index (χ2n) is 3.79. The van der Waals surface area contributed by atoms with E-state index in [-0.39, 0.29) is 11.6 Å². The van der Waals surface area contributed by atoms with Gasteiger partial charge < -0.3 is 15.0 Å². The van der Waals surface area contributed by atoms with Gasteiger partial charge in [-0.15, -0.1) is 0 Å². The highest BCUT2D eigenvalue weighted by Crippen LogP contribution is 2.28. The summed E-state index contributed by atoms with van der Waals surface area (Å²) in [5.74, 6) is 0.620. The molecule has 2 N–H and O–H groups in total. The summed E-state index contributed by atoms with van der Waals surface area (Å²) in [7, 11) is 1.57. The van der Waals surface area contributed by atoms with Crippen LogP contribution in [0.3, 0.4) is 0 Å². The minimum atomic E-state index is -0.509. The van der Waals surface area contributed by atoms with Gasteiger partial charge in [0.15, 0.2) is 5.82 Å². The summed E-state index contributed by atoms with van der Waals surface area (Å²) < 4.78 is 9.94. The smallest absolute Gasteiger partial charge is 0.270 e. The van der Waals surface area contributed by atoms with Crippen molar-refractivity contribution in [2.45, 2.75) is 6.42 Å². The van der Waals surface area contributed by atoms with Crippen LogP contribution in [0.25, 0.3) is 11.5 Å². The van der Waals surface area contributed by atoms with E-state index in [4.69, 9.17) is 15.0 Å². The van der Waals surface area contributed by atoms with Crippen molar-refractivity contribution in [2.75, 3.05) is 19.5 Å². The highest BCUT2D eigenvalue weighted by molar-refractivity contribution is 5.73. The molecule has 2 rings (SSSR count). The summed E-state index contributed by atoms with van der Waals surface area (Å²) in [6, 6.07) is 4.07. The quantitative estimate of drug-likeness (QED) is 0.492. The lowest BCUT2D eigenvalue weighted by Gasteiger charge is -1.99. The van der Waals surface area contributed by atoms with Crippen LogP contribution < -0.4 is 5.73 Å². The lowest BCUT2D eigenvalue weighted by atomic mass is 10.1. The number of non-ortho nitro benzene ring substituents is 1. The average molecular weight is 264 g/mol. The summed E-state index contributed by atoms with van der Waals surface area (Å²) in [4.78, 5) is 14.3. The Morgan fingerprint density at radius 1 is 1.53 bits per heavy atom. The van der Waals surface area contributed by atoms with Crippen LogP contribution in [0.5, 0.6) is 0 Å². The Morgan fingerprint density at radius 2 is 2.32 bits per heavy atom. The summed E-state index contributed by atoms with van der Waals surface area (Å²) in [5.41, 5.74) is 6.37. The summed E-state index contributed by atoms with van der Waals surface area (Å²) in [6.45, 7) is 0.462. The number of hydrogen-bond acceptors (Lipinski definition) is 7. The first-order valence-corrected chi connectivity index (χ1v) is 5.47. The third-order valence-corrected chi connectivity index (χ3v) is 2.48. The third kappa shape index (κ3) is 2.86. The standard InChI is InChI=1S/C11H12N4O4/c1-18-5-4-10-13-11(19-14-10)8-6-7(15(16)17)2-3-9(8)12/h2-3,6H,4-5,12H2,1H3. The Morgan fingerprint density at radius 3 is 3.00 bits per heavy atom. The summed E-state index contributed by atoms with van der Waals surface area (Å²) >= 11 is 0. The molecule has 0 radical (unpaired) electrons. The van der Waals surface area contributed by atoms with Crippen LogP contribution in [0.4, 0.5) is 11.4 Å². The zero-order chi connectivity index (χ0) is 13.8. The number of nitro benzene ring substituents is 1. The minimum Gasteiger partial charge on any atom is -0.398 e. The first kappa shape index (κ1) is 13.0. The molecule has 0 fully saturated rings. The van der Waals surface area contributed by atoms with Crippen molar-refractivity contribution < 1.29 is 14.2 Å². The molecular weight excluding hydrogens is 252 g/mol. The minimum absolute atomic E-state index is 0.0826. The van der Waals surface area contributed by atoms with Gasteiger partial charge in [-0.2, -0.15) is 4.98 Å². The fraction of sp³-hybridized carbons (Fsp3) is 0.273. The maximum atomic E-state index is 10.7. The highest BCUT2D eigenvalue weighted by atomic mass is 16.6. The number of benzene rings is 1. The van der Waals surface area contributed by atoms with E-state index in [2.05, 4.69) is 10.1 Å². The monoisotopic (exact) mass is 264 g/mol. The molecule has 0 aliphatic rings. The molecule has 1 heterocycles. The van der Waals surface area contributed by atoms with Gasteiger partial charge in [0.1, 0.15) is 0 Å². The molecule has 0 atom stereocenters.